The molecule has 5 nitrogen and oxygen atoms in total. The van der Waals surface area contributed by atoms with E-state index in [9.17, 15) is 13.6 Å². The Bertz CT molecular complexity index is 1080. The Labute approximate surface area is 211 Å². The number of hydrogen-bond acceptors (Lipinski definition) is 5. The molecule has 192 valence electrons. The molecule has 0 unspecified atom stereocenters. The van der Waals surface area contributed by atoms with Gasteiger partial charge in [-0.15, -0.1) is 0 Å². The highest BCUT2D eigenvalue weighted by molar-refractivity contribution is 5.81. The molecule has 1 aromatic heterocycles. The minimum Gasteiger partial charge on any atom is -0.494 e. The van der Waals surface area contributed by atoms with Crippen molar-refractivity contribution in [2.24, 2.45) is 0 Å². The highest BCUT2D eigenvalue weighted by atomic mass is 19.1. The average Bonchev–Trinajstić information content (AvgIpc) is 2.88. The maximum absolute atomic E-state index is 14.5. The number of benzene rings is 2. The number of carbonyl (C=O) groups excluding carboxylic acids is 1. The Morgan fingerprint density at radius 3 is 2.14 bits per heavy atom. The lowest BCUT2D eigenvalue weighted by molar-refractivity contribution is -0.147. The second-order valence-electron chi connectivity index (χ2n) is 9.16. The molecule has 7 heteroatoms. The molecular weight excluding hydrogens is 462 g/mol. The van der Waals surface area contributed by atoms with Gasteiger partial charge >= 0.3 is 5.97 Å². The van der Waals surface area contributed by atoms with Crippen molar-refractivity contribution in [3.8, 4) is 34.0 Å². The van der Waals surface area contributed by atoms with E-state index in [2.05, 4.69) is 9.97 Å². The van der Waals surface area contributed by atoms with Gasteiger partial charge < -0.3 is 9.47 Å². The molecule has 0 spiro atoms. The number of aromatic nitrogens is 2. The number of alkyl halides is 2. The van der Waals surface area contributed by atoms with Gasteiger partial charge in [-0.25, -0.2) is 23.5 Å². The Hall–Kier alpha value is -3.35. The predicted molar refractivity (Wildman–Crippen MR) is 137 cm³/mol. The first-order chi connectivity index (χ1) is 17.3. The zero-order valence-corrected chi connectivity index (χ0v) is 21.2. The number of esters is 1. The van der Waals surface area contributed by atoms with Crippen molar-refractivity contribution in [2.75, 3.05) is 6.61 Å². The van der Waals surface area contributed by atoms with Gasteiger partial charge in [-0.1, -0.05) is 25.5 Å². The van der Waals surface area contributed by atoms with Crippen LogP contribution in [0, 0.1) is 0 Å². The highest BCUT2D eigenvalue weighted by Gasteiger charge is 2.34. The summed E-state index contributed by atoms with van der Waals surface area (Å²) >= 11 is 0. The van der Waals surface area contributed by atoms with Crippen molar-refractivity contribution < 1.29 is 23.0 Å². The van der Waals surface area contributed by atoms with Crippen LogP contribution in [0.2, 0.25) is 0 Å². The molecule has 0 saturated heterocycles. The molecule has 0 fully saturated rings. The van der Waals surface area contributed by atoms with E-state index in [1.807, 2.05) is 31.2 Å². The molecule has 0 amide bonds. The Morgan fingerprint density at radius 1 is 0.917 bits per heavy atom. The normalized spacial score (nSPS) is 13.6. The van der Waals surface area contributed by atoms with Gasteiger partial charge in [-0.3, -0.25) is 0 Å². The summed E-state index contributed by atoms with van der Waals surface area (Å²) in [4.78, 5) is 21.1. The van der Waals surface area contributed by atoms with Crippen LogP contribution in [0.1, 0.15) is 59.3 Å². The van der Waals surface area contributed by atoms with E-state index < -0.39 is 17.8 Å². The topological polar surface area (TPSA) is 61.3 Å². The second kappa shape index (κ2) is 13.1. The number of rotatable bonds is 13. The number of halogens is 2. The van der Waals surface area contributed by atoms with Crippen molar-refractivity contribution in [1.29, 1.82) is 0 Å². The molecule has 3 rings (SSSR count). The summed E-state index contributed by atoms with van der Waals surface area (Å²) in [6.45, 7) is 5.34. The van der Waals surface area contributed by atoms with Crippen molar-refractivity contribution in [1.82, 2.24) is 9.97 Å². The van der Waals surface area contributed by atoms with E-state index in [4.69, 9.17) is 9.47 Å². The van der Waals surface area contributed by atoms with Gasteiger partial charge in [0.25, 0.3) is 0 Å². The van der Waals surface area contributed by atoms with Crippen molar-refractivity contribution in [2.45, 2.75) is 71.1 Å². The van der Waals surface area contributed by atoms with Gasteiger partial charge in [-0.2, -0.15) is 0 Å². The summed E-state index contributed by atoms with van der Waals surface area (Å²) in [5.41, 5.74) is 0.510. The smallest absolute Gasteiger partial charge is 0.348 e. The molecule has 3 aromatic rings. The third-order valence-electron chi connectivity index (χ3n) is 5.85. The molecule has 2 atom stereocenters. The highest BCUT2D eigenvalue weighted by Crippen LogP contribution is 2.26. The van der Waals surface area contributed by atoms with Gasteiger partial charge in [0.1, 0.15) is 11.5 Å². The van der Waals surface area contributed by atoms with Crippen LogP contribution in [0.5, 0.6) is 11.5 Å². The fraction of sp³-hybridized carbons (Fsp3) is 0.414. The summed E-state index contributed by atoms with van der Waals surface area (Å²) in [5.74, 6) is 0.755. The fourth-order valence-electron chi connectivity index (χ4n) is 3.58. The molecule has 36 heavy (non-hydrogen) atoms. The minimum absolute atomic E-state index is 0.140. The minimum atomic E-state index is -2.00. The summed E-state index contributed by atoms with van der Waals surface area (Å²) in [6.07, 6.45) is 6.44. The molecule has 0 aliphatic carbocycles. The lowest BCUT2D eigenvalue weighted by Gasteiger charge is -2.18. The number of hydrogen-bond donors (Lipinski definition) is 0. The molecule has 0 aliphatic rings. The van der Waals surface area contributed by atoms with Crippen LogP contribution in [-0.2, 0) is 4.79 Å². The van der Waals surface area contributed by atoms with Crippen LogP contribution in [0.25, 0.3) is 22.5 Å². The number of ether oxygens (including phenoxy) is 2. The van der Waals surface area contributed by atoms with Crippen molar-refractivity contribution >= 4 is 5.97 Å². The van der Waals surface area contributed by atoms with Crippen LogP contribution in [0.3, 0.4) is 0 Å². The standard InChI is InChI=1S/C29H34F2N2O3/c1-4-5-17-29(3,31)28(34)36-26-15-9-22(10-16-26)24-19-32-27(33-20-24)23-11-13-25(14-12-23)35-18-7-6-8-21(2)30/h9-16,19-21H,4-8,17-18H2,1-3H3/t21-,29-/m0/s1. The lowest BCUT2D eigenvalue weighted by Crippen LogP contribution is -2.34. The van der Waals surface area contributed by atoms with E-state index >= 15 is 0 Å². The zero-order valence-electron chi connectivity index (χ0n) is 21.2. The largest absolute Gasteiger partial charge is 0.494 e. The molecule has 0 aliphatic heterocycles. The third-order valence-corrected chi connectivity index (χ3v) is 5.85. The van der Waals surface area contributed by atoms with Gasteiger partial charge in [0, 0.05) is 23.5 Å². The molecule has 2 aromatic carbocycles. The van der Waals surface area contributed by atoms with Crippen LogP contribution in [-0.4, -0.2) is 34.4 Å². The van der Waals surface area contributed by atoms with Crippen molar-refractivity contribution in [3.63, 3.8) is 0 Å². The molecular formula is C29H34F2N2O3. The van der Waals surface area contributed by atoms with Gasteiger partial charge in [0.05, 0.1) is 12.8 Å². The number of carbonyl (C=O) groups is 1. The molecule has 1 heterocycles. The summed E-state index contributed by atoms with van der Waals surface area (Å²) < 4.78 is 38.3. The summed E-state index contributed by atoms with van der Waals surface area (Å²) in [6, 6.07) is 14.4. The van der Waals surface area contributed by atoms with Crippen LogP contribution in [0.15, 0.2) is 60.9 Å². The first-order valence-electron chi connectivity index (χ1n) is 12.5. The summed E-state index contributed by atoms with van der Waals surface area (Å²) in [7, 11) is 0. The Balaban J connectivity index is 1.55. The number of nitrogens with zero attached hydrogens (tertiary/aromatic N) is 2. The Morgan fingerprint density at radius 2 is 1.53 bits per heavy atom. The Kier molecular flexibility index (Phi) is 9.91. The van der Waals surface area contributed by atoms with Gasteiger partial charge in [0.15, 0.2) is 5.82 Å². The molecule has 0 saturated carbocycles. The molecule has 0 bridgehead atoms. The SMILES string of the molecule is CCCC[C@](C)(F)C(=O)Oc1ccc(-c2cnc(-c3ccc(OCCCC[C@H](C)F)cc3)nc2)cc1. The van der Waals surface area contributed by atoms with Gasteiger partial charge in [0.2, 0.25) is 5.67 Å². The van der Waals surface area contributed by atoms with E-state index in [1.54, 1.807) is 43.6 Å². The van der Waals surface area contributed by atoms with E-state index in [0.717, 1.165) is 41.7 Å². The maximum Gasteiger partial charge on any atom is 0.348 e. The van der Waals surface area contributed by atoms with Crippen LogP contribution < -0.4 is 9.47 Å². The summed E-state index contributed by atoms with van der Waals surface area (Å²) in [5, 5.41) is 0. The van der Waals surface area contributed by atoms with Crippen LogP contribution >= 0.6 is 0 Å². The molecule has 0 radical (unpaired) electrons. The predicted octanol–water partition coefficient (Wildman–Crippen LogP) is 7.54. The van der Waals surface area contributed by atoms with E-state index in [-0.39, 0.29) is 6.42 Å². The first-order valence-corrected chi connectivity index (χ1v) is 12.5. The average molecular weight is 497 g/mol. The third kappa shape index (κ3) is 8.11. The van der Waals surface area contributed by atoms with Gasteiger partial charge in [-0.05, 0) is 87.9 Å². The van der Waals surface area contributed by atoms with E-state index in [1.165, 1.54) is 6.92 Å². The quantitative estimate of drug-likeness (QED) is 0.139. The van der Waals surface area contributed by atoms with E-state index in [0.29, 0.717) is 31.0 Å². The zero-order chi connectivity index (χ0) is 26.0. The molecule has 0 N–H and O–H groups in total. The fourth-order valence-corrected chi connectivity index (χ4v) is 3.58. The lowest BCUT2D eigenvalue weighted by atomic mass is 10.0. The van der Waals surface area contributed by atoms with Crippen molar-refractivity contribution in [3.05, 3.63) is 60.9 Å². The first kappa shape index (κ1) is 27.2. The second-order valence-corrected chi connectivity index (χ2v) is 9.16. The monoisotopic (exact) mass is 496 g/mol. The van der Waals surface area contributed by atoms with Crippen LogP contribution in [0.4, 0.5) is 8.78 Å². The number of unbranched alkanes of at least 4 members (excludes halogenated alkanes) is 2. The maximum atomic E-state index is 14.5.